The highest BCUT2D eigenvalue weighted by Gasteiger charge is 2.17. The third-order valence-electron chi connectivity index (χ3n) is 2.62. The van der Waals surface area contributed by atoms with Gasteiger partial charge in [-0.05, 0) is 24.0 Å². The minimum Gasteiger partial charge on any atom is -0.508 e. The van der Waals surface area contributed by atoms with Crippen molar-refractivity contribution in [2.75, 3.05) is 0 Å². The third-order valence-corrected chi connectivity index (χ3v) is 3.12. The minimum atomic E-state index is -0.279. The summed E-state index contributed by atoms with van der Waals surface area (Å²) in [6.07, 6.45) is 0.681. The number of carbonyl (C=O) groups is 1. The molecule has 0 aliphatic carbocycles. The van der Waals surface area contributed by atoms with Crippen molar-refractivity contribution in [1.82, 2.24) is 14.9 Å². The summed E-state index contributed by atoms with van der Waals surface area (Å²) < 4.78 is 3.65. The van der Waals surface area contributed by atoms with E-state index in [2.05, 4.69) is 14.9 Å². The normalized spacial score (nSPS) is 12.1. The molecule has 6 heteroatoms. The Labute approximate surface area is 109 Å². The van der Waals surface area contributed by atoms with Gasteiger partial charge in [-0.3, -0.25) is 4.79 Å². The molecule has 18 heavy (non-hydrogen) atoms. The highest BCUT2D eigenvalue weighted by molar-refractivity contribution is 7.03. The number of phenolic OH excluding ortho intramolecular Hbond substituents is 1. The van der Waals surface area contributed by atoms with Gasteiger partial charge in [-0.1, -0.05) is 29.6 Å². The van der Waals surface area contributed by atoms with Gasteiger partial charge in [-0.2, -0.15) is 0 Å². The predicted octanol–water partition coefficient (Wildman–Crippen LogP) is 2.12. The molecule has 1 aromatic carbocycles. The maximum Gasteiger partial charge on any atom is 0.273 e. The minimum absolute atomic E-state index is 0.182. The van der Waals surface area contributed by atoms with Crippen LogP contribution >= 0.6 is 11.5 Å². The number of aromatic nitrogens is 2. The molecule has 5 nitrogen and oxygen atoms in total. The molecule has 0 saturated heterocycles. The Bertz CT molecular complexity index is 528. The fraction of sp³-hybridized carbons (Fsp3) is 0.250. The second-order valence-corrected chi connectivity index (χ2v) is 4.39. The molecule has 0 aliphatic rings. The summed E-state index contributed by atoms with van der Waals surface area (Å²) in [6, 6.07) is 6.74. The number of rotatable bonds is 4. The summed E-state index contributed by atoms with van der Waals surface area (Å²) in [4.78, 5) is 11.9. The smallest absolute Gasteiger partial charge is 0.273 e. The summed E-state index contributed by atoms with van der Waals surface area (Å²) in [5, 5.41) is 17.9. The van der Waals surface area contributed by atoms with Crippen LogP contribution < -0.4 is 5.32 Å². The van der Waals surface area contributed by atoms with Crippen LogP contribution in [0.1, 0.15) is 35.4 Å². The van der Waals surface area contributed by atoms with Crippen molar-refractivity contribution >= 4 is 17.4 Å². The average molecular weight is 263 g/mol. The monoisotopic (exact) mass is 263 g/mol. The molecular weight excluding hydrogens is 250 g/mol. The van der Waals surface area contributed by atoms with Crippen LogP contribution in [0.15, 0.2) is 29.6 Å². The van der Waals surface area contributed by atoms with E-state index in [1.807, 2.05) is 13.0 Å². The lowest BCUT2D eigenvalue weighted by Gasteiger charge is -2.17. The van der Waals surface area contributed by atoms with Gasteiger partial charge in [0.05, 0.1) is 6.04 Å². The molecule has 2 aromatic rings. The van der Waals surface area contributed by atoms with Gasteiger partial charge < -0.3 is 10.4 Å². The summed E-state index contributed by atoms with van der Waals surface area (Å²) in [5.74, 6) is -0.0973. The highest BCUT2D eigenvalue weighted by Crippen LogP contribution is 2.25. The van der Waals surface area contributed by atoms with E-state index in [1.54, 1.807) is 23.6 Å². The van der Waals surface area contributed by atoms with Crippen LogP contribution in [0.25, 0.3) is 0 Å². The van der Waals surface area contributed by atoms with Crippen LogP contribution in [0, 0.1) is 0 Å². The SMILES string of the molecule is CC[C@H](NC(=O)c1csnn1)c1ccccc1O. The number of hydrogen-bond acceptors (Lipinski definition) is 5. The van der Waals surface area contributed by atoms with Gasteiger partial charge in [-0.15, -0.1) is 5.10 Å². The third kappa shape index (κ3) is 2.65. The molecule has 1 aromatic heterocycles. The molecule has 0 aliphatic heterocycles. The van der Waals surface area contributed by atoms with E-state index >= 15 is 0 Å². The van der Waals surface area contributed by atoms with Crippen molar-refractivity contribution in [3.05, 3.63) is 40.9 Å². The maximum absolute atomic E-state index is 11.9. The second kappa shape index (κ2) is 5.59. The van der Waals surface area contributed by atoms with E-state index in [9.17, 15) is 9.90 Å². The summed E-state index contributed by atoms with van der Waals surface area (Å²) >= 11 is 1.13. The van der Waals surface area contributed by atoms with Crippen molar-refractivity contribution in [3.63, 3.8) is 0 Å². The van der Waals surface area contributed by atoms with E-state index in [1.165, 1.54) is 0 Å². The summed E-state index contributed by atoms with van der Waals surface area (Å²) in [5.41, 5.74) is 1.01. The fourth-order valence-corrected chi connectivity index (χ4v) is 2.11. The Morgan fingerprint density at radius 2 is 2.28 bits per heavy atom. The first-order chi connectivity index (χ1) is 8.72. The molecule has 0 saturated carbocycles. The number of benzene rings is 1. The van der Waals surface area contributed by atoms with Crippen molar-refractivity contribution < 1.29 is 9.90 Å². The number of para-hydroxylation sites is 1. The lowest BCUT2D eigenvalue weighted by Crippen LogP contribution is -2.28. The zero-order chi connectivity index (χ0) is 13.0. The van der Waals surface area contributed by atoms with Gasteiger partial charge in [0.25, 0.3) is 5.91 Å². The van der Waals surface area contributed by atoms with E-state index in [4.69, 9.17) is 0 Å². The number of nitrogens with one attached hydrogen (secondary N) is 1. The number of hydrogen-bond donors (Lipinski definition) is 2. The molecule has 2 rings (SSSR count). The predicted molar refractivity (Wildman–Crippen MR) is 68.5 cm³/mol. The van der Waals surface area contributed by atoms with E-state index in [-0.39, 0.29) is 17.7 Å². The van der Waals surface area contributed by atoms with Crippen LogP contribution in [0.4, 0.5) is 0 Å². The lowest BCUT2D eigenvalue weighted by atomic mass is 10.0. The average Bonchev–Trinajstić information content (AvgIpc) is 2.90. The Hall–Kier alpha value is -1.95. The Balaban J connectivity index is 2.16. The lowest BCUT2D eigenvalue weighted by molar-refractivity contribution is 0.0930. The first kappa shape index (κ1) is 12.5. The quantitative estimate of drug-likeness (QED) is 0.886. The van der Waals surface area contributed by atoms with Gasteiger partial charge in [0, 0.05) is 10.9 Å². The number of phenols is 1. The number of nitrogens with zero attached hydrogens (tertiary/aromatic N) is 2. The molecule has 1 amide bonds. The maximum atomic E-state index is 11.9. The van der Waals surface area contributed by atoms with Crippen LogP contribution in [0.3, 0.4) is 0 Å². The standard InChI is InChI=1S/C12H13N3O2S/c1-2-9(8-5-3-4-6-11(8)16)13-12(17)10-7-18-15-14-10/h3-7,9,16H,2H2,1H3,(H,13,17)/t9-/m0/s1. The zero-order valence-corrected chi connectivity index (χ0v) is 10.6. The Kier molecular flexibility index (Phi) is 3.88. The van der Waals surface area contributed by atoms with Crippen molar-refractivity contribution in [3.8, 4) is 5.75 Å². The highest BCUT2D eigenvalue weighted by atomic mass is 32.1. The number of carbonyl (C=O) groups excluding carboxylic acids is 1. The van der Waals surface area contributed by atoms with Crippen molar-refractivity contribution in [2.45, 2.75) is 19.4 Å². The fourth-order valence-electron chi connectivity index (χ4n) is 1.68. The molecule has 0 bridgehead atoms. The van der Waals surface area contributed by atoms with Gasteiger partial charge in [0.15, 0.2) is 5.69 Å². The molecule has 0 spiro atoms. The molecule has 0 fully saturated rings. The second-order valence-electron chi connectivity index (χ2n) is 3.78. The largest absolute Gasteiger partial charge is 0.508 e. The van der Waals surface area contributed by atoms with Gasteiger partial charge >= 0.3 is 0 Å². The first-order valence-electron chi connectivity index (χ1n) is 5.58. The number of amides is 1. The molecule has 2 N–H and O–H groups in total. The molecule has 1 heterocycles. The van der Waals surface area contributed by atoms with Gasteiger partial charge in [-0.25, -0.2) is 0 Å². The van der Waals surface area contributed by atoms with E-state index in [0.717, 1.165) is 11.5 Å². The van der Waals surface area contributed by atoms with E-state index < -0.39 is 0 Å². The Morgan fingerprint density at radius 3 is 2.89 bits per heavy atom. The zero-order valence-electron chi connectivity index (χ0n) is 9.83. The topological polar surface area (TPSA) is 75.1 Å². The van der Waals surface area contributed by atoms with Gasteiger partial charge in [0.1, 0.15) is 5.75 Å². The Morgan fingerprint density at radius 1 is 1.50 bits per heavy atom. The van der Waals surface area contributed by atoms with Crippen molar-refractivity contribution in [2.24, 2.45) is 0 Å². The van der Waals surface area contributed by atoms with Crippen LogP contribution in [-0.4, -0.2) is 20.6 Å². The van der Waals surface area contributed by atoms with Crippen LogP contribution in [0.5, 0.6) is 5.75 Å². The van der Waals surface area contributed by atoms with Crippen molar-refractivity contribution in [1.29, 1.82) is 0 Å². The molecule has 94 valence electrons. The first-order valence-corrected chi connectivity index (χ1v) is 6.41. The molecule has 1 atom stereocenters. The van der Waals surface area contributed by atoms with Crippen LogP contribution in [-0.2, 0) is 0 Å². The molecular formula is C12H13N3O2S. The molecule has 0 radical (unpaired) electrons. The summed E-state index contributed by atoms with van der Waals surface area (Å²) in [6.45, 7) is 1.94. The molecule has 0 unspecified atom stereocenters. The summed E-state index contributed by atoms with van der Waals surface area (Å²) in [7, 11) is 0. The number of aromatic hydroxyl groups is 1. The van der Waals surface area contributed by atoms with Gasteiger partial charge in [0.2, 0.25) is 0 Å². The van der Waals surface area contributed by atoms with E-state index in [0.29, 0.717) is 17.7 Å². The van der Waals surface area contributed by atoms with Crippen LogP contribution in [0.2, 0.25) is 0 Å².